The third kappa shape index (κ3) is 2.41. The zero-order valence-electron chi connectivity index (χ0n) is 11.7. The Kier molecular flexibility index (Phi) is 3.23. The minimum atomic E-state index is -1.61. The fraction of sp³-hybridized carbons (Fsp3) is 0.462. The van der Waals surface area contributed by atoms with E-state index in [1.54, 1.807) is 17.8 Å². The number of anilines is 1. The molecule has 2 aromatic heterocycles. The average molecular weight is 295 g/mol. The Bertz CT molecular complexity index is 691. The molecule has 112 valence electrons. The fourth-order valence-electron chi connectivity index (χ4n) is 2.47. The number of carbonyl (C=O) groups is 1. The maximum Gasteiger partial charge on any atom is 0.322 e. The first kappa shape index (κ1) is 13.7. The van der Waals surface area contributed by atoms with Crippen LogP contribution in [-0.4, -0.2) is 51.1 Å². The number of nitrogens with zero attached hydrogens (tertiary/aromatic N) is 4. The van der Waals surface area contributed by atoms with Crippen molar-refractivity contribution in [1.29, 1.82) is 0 Å². The number of likely N-dealkylation sites (tertiary alicyclic amines) is 1. The summed E-state index contributed by atoms with van der Waals surface area (Å²) in [6.07, 6.45) is -1.73. The van der Waals surface area contributed by atoms with E-state index in [9.17, 15) is 13.6 Å². The van der Waals surface area contributed by atoms with Crippen LogP contribution in [0.4, 0.5) is 19.3 Å². The summed E-state index contributed by atoms with van der Waals surface area (Å²) in [5, 5.41) is 7.67. The van der Waals surface area contributed by atoms with Crippen LogP contribution in [-0.2, 0) is 7.05 Å². The van der Waals surface area contributed by atoms with Crippen LogP contribution in [0, 0.1) is 6.92 Å². The number of rotatable bonds is 1. The number of hydrogen-bond acceptors (Lipinski definition) is 3. The molecule has 0 bridgehead atoms. The van der Waals surface area contributed by atoms with Gasteiger partial charge < -0.3 is 10.2 Å². The highest BCUT2D eigenvalue weighted by molar-refractivity contribution is 5.92. The number of amides is 2. The van der Waals surface area contributed by atoms with Gasteiger partial charge in [0.1, 0.15) is 0 Å². The van der Waals surface area contributed by atoms with Crippen LogP contribution in [0.3, 0.4) is 0 Å². The summed E-state index contributed by atoms with van der Waals surface area (Å²) in [4.78, 5) is 17.3. The second-order valence-electron chi connectivity index (χ2n) is 5.17. The lowest BCUT2D eigenvalue weighted by Gasteiger charge is -2.15. The van der Waals surface area contributed by atoms with Gasteiger partial charge in [0.05, 0.1) is 30.7 Å². The molecule has 2 amide bonds. The molecule has 8 heteroatoms. The van der Waals surface area contributed by atoms with Crippen molar-refractivity contribution in [3.05, 3.63) is 18.0 Å². The molecular formula is C13H15F2N5O. The molecule has 2 aromatic rings. The quantitative estimate of drug-likeness (QED) is 0.872. The van der Waals surface area contributed by atoms with Gasteiger partial charge in [0.2, 0.25) is 0 Å². The molecule has 1 aliphatic heterocycles. The highest BCUT2D eigenvalue weighted by Gasteiger charge is 2.35. The van der Waals surface area contributed by atoms with Gasteiger partial charge in [-0.1, -0.05) is 0 Å². The second-order valence-corrected chi connectivity index (χ2v) is 5.17. The van der Waals surface area contributed by atoms with Crippen LogP contribution in [0.15, 0.2) is 12.3 Å². The lowest BCUT2D eigenvalue weighted by atomic mass is 10.2. The van der Waals surface area contributed by atoms with E-state index in [-0.39, 0.29) is 13.1 Å². The summed E-state index contributed by atoms with van der Waals surface area (Å²) in [6.45, 7) is 1.39. The van der Waals surface area contributed by atoms with Crippen molar-refractivity contribution in [2.24, 2.45) is 7.05 Å². The number of alkyl halides is 2. The van der Waals surface area contributed by atoms with Crippen molar-refractivity contribution in [2.45, 2.75) is 19.3 Å². The number of fused-ring (bicyclic) bond motifs is 1. The molecule has 1 aliphatic rings. The van der Waals surface area contributed by atoms with Gasteiger partial charge in [-0.15, -0.1) is 0 Å². The van der Waals surface area contributed by atoms with Crippen molar-refractivity contribution in [1.82, 2.24) is 19.7 Å². The highest BCUT2D eigenvalue weighted by Crippen LogP contribution is 2.21. The largest absolute Gasteiger partial charge is 0.322 e. The molecule has 0 unspecified atom stereocenters. The van der Waals surface area contributed by atoms with Crippen LogP contribution < -0.4 is 5.32 Å². The van der Waals surface area contributed by atoms with Crippen LogP contribution in [0.5, 0.6) is 0 Å². The standard InChI is InChI=1S/C13H15F2N5O/c1-7-9-3-8(4-16-12(9)19(2)18-7)17-13(21)20-5-10(14)11(15)6-20/h3-4,10-11H,5-6H2,1-2H3,(H,17,21)/t10-,11+. The van der Waals surface area contributed by atoms with Gasteiger partial charge in [0.15, 0.2) is 18.0 Å². The zero-order valence-corrected chi connectivity index (χ0v) is 11.7. The van der Waals surface area contributed by atoms with E-state index in [0.717, 1.165) is 16.0 Å². The van der Waals surface area contributed by atoms with Gasteiger partial charge in [-0.2, -0.15) is 5.10 Å². The predicted molar refractivity (Wildman–Crippen MR) is 73.6 cm³/mol. The Morgan fingerprint density at radius 1 is 1.38 bits per heavy atom. The molecule has 0 radical (unpaired) electrons. The first-order chi connectivity index (χ1) is 9.95. The SMILES string of the molecule is Cc1nn(C)c2ncc(NC(=O)N3C[C@@H](F)[C@@H](F)C3)cc12. The molecule has 0 saturated carbocycles. The number of urea groups is 1. The molecule has 3 heterocycles. The number of pyridine rings is 1. The van der Waals surface area contributed by atoms with E-state index < -0.39 is 18.4 Å². The number of nitrogens with one attached hydrogen (secondary N) is 1. The van der Waals surface area contributed by atoms with Gasteiger partial charge >= 0.3 is 6.03 Å². The molecule has 2 atom stereocenters. The second kappa shape index (κ2) is 4.94. The van der Waals surface area contributed by atoms with Gasteiger partial charge in [0, 0.05) is 12.4 Å². The molecule has 0 aliphatic carbocycles. The van der Waals surface area contributed by atoms with Crippen molar-refractivity contribution >= 4 is 22.8 Å². The number of aromatic nitrogens is 3. The Balaban J connectivity index is 1.79. The van der Waals surface area contributed by atoms with E-state index in [1.807, 2.05) is 6.92 Å². The van der Waals surface area contributed by atoms with Crippen LogP contribution >= 0.6 is 0 Å². The van der Waals surface area contributed by atoms with Gasteiger partial charge in [-0.3, -0.25) is 4.68 Å². The Morgan fingerprint density at radius 2 is 2.05 bits per heavy atom. The van der Waals surface area contributed by atoms with Gasteiger partial charge in [-0.05, 0) is 13.0 Å². The summed E-state index contributed by atoms with van der Waals surface area (Å²) in [6, 6.07) is 1.22. The van der Waals surface area contributed by atoms with Crippen LogP contribution in [0.2, 0.25) is 0 Å². The maximum absolute atomic E-state index is 13.1. The molecule has 1 N–H and O–H groups in total. The summed E-state index contributed by atoms with van der Waals surface area (Å²) in [5.74, 6) is 0. The first-order valence-corrected chi connectivity index (χ1v) is 6.59. The normalized spacial score (nSPS) is 22.0. The average Bonchev–Trinajstić information content (AvgIpc) is 2.91. The minimum Gasteiger partial charge on any atom is -0.318 e. The summed E-state index contributed by atoms with van der Waals surface area (Å²) >= 11 is 0. The van der Waals surface area contributed by atoms with Crippen molar-refractivity contribution in [3.63, 3.8) is 0 Å². The fourth-order valence-corrected chi connectivity index (χ4v) is 2.47. The predicted octanol–water partition coefficient (Wildman–Crippen LogP) is 1.80. The third-order valence-electron chi connectivity index (χ3n) is 3.58. The van der Waals surface area contributed by atoms with Crippen molar-refractivity contribution in [3.8, 4) is 0 Å². The summed E-state index contributed by atoms with van der Waals surface area (Å²) < 4.78 is 27.9. The number of aryl methyl sites for hydroxylation is 2. The van der Waals surface area contributed by atoms with Crippen molar-refractivity contribution in [2.75, 3.05) is 18.4 Å². The van der Waals surface area contributed by atoms with Gasteiger partial charge in [-0.25, -0.2) is 18.6 Å². The summed E-state index contributed by atoms with van der Waals surface area (Å²) in [7, 11) is 1.79. The third-order valence-corrected chi connectivity index (χ3v) is 3.58. The summed E-state index contributed by atoms with van der Waals surface area (Å²) in [5.41, 5.74) is 1.98. The number of halogens is 2. The van der Waals surface area contributed by atoms with Crippen LogP contribution in [0.25, 0.3) is 11.0 Å². The van der Waals surface area contributed by atoms with Crippen molar-refractivity contribution < 1.29 is 13.6 Å². The monoisotopic (exact) mass is 295 g/mol. The molecule has 6 nitrogen and oxygen atoms in total. The van der Waals surface area contributed by atoms with E-state index in [4.69, 9.17) is 0 Å². The highest BCUT2D eigenvalue weighted by atomic mass is 19.2. The van der Waals surface area contributed by atoms with Gasteiger partial charge in [0.25, 0.3) is 0 Å². The molecular weight excluding hydrogens is 280 g/mol. The molecule has 21 heavy (non-hydrogen) atoms. The minimum absolute atomic E-state index is 0.228. The van der Waals surface area contributed by atoms with E-state index in [0.29, 0.717) is 11.3 Å². The first-order valence-electron chi connectivity index (χ1n) is 6.59. The topological polar surface area (TPSA) is 63.1 Å². The maximum atomic E-state index is 13.1. The van der Waals surface area contributed by atoms with E-state index in [2.05, 4.69) is 15.4 Å². The molecule has 0 spiro atoms. The Labute approximate surface area is 119 Å². The molecule has 0 aromatic carbocycles. The molecule has 1 saturated heterocycles. The van der Waals surface area contributed by atoms with Crippen LogP contribution in [0.1, 0.15) is 5.69 Å². The number of carbonyl (C=O) groups excluding carboxylic acids is 1. The Hall–Kier alpha value is -2.25. The lowest BCUT2D eigenvalue weighted by molar-refractivity contribution is 0.217. The molecule has 3 rings (SSSR count). The number of hydrogen-bond donors (Lipinski definition) is 1. The Morgan fingerprint density at radius 3 is 2.71 bits per heavy atom. The lowest BCUT2D eigenvalue weighted by Crippen LogP contribution is -2.33. The zero-order chi connectivity index (χ0) is 15.1. The smallest absolute Gasteiger partial charge is 0.318 e. The van der Waals surface area contributed by atoms with E-state index >= 15 is 0 Å². The van der Waals surface area contributed by atoms with E-state index in [1.165, 1.54) is 6.20 Å². The molecule has 1 fully saturated rings.